The first-order chi connectivity index (χ1) is 8.87. The Labute approximate surface area is 115 Å². The lowest BCUT2D eigenvalue weighted by Gasteiger charge is -2.13. The van der Waals surface area contributed by atoms with Gasteiger partial charge in [-0.2, -0.15) is 0 Å². The van der Waals surface area contributed by atoms with Crippen molar-refractivity contribution in [2.45, 2.75) is 30.7 Å². The fourth-order valence-corrected chi connectivity index (χ4v) is 2.40. The maximum atomic E-state index is 11.8. The third-order valence-corrected chi connectivity index (χ3v) is 4.52. The molecule has 0 amide bonds. The van der Waals surface area contributed by atoms with E-state index >= 15 is 0 Å². The molecule has 0 aliphatic carbocycles. The van der Waals surface area contributed by atoms with Crippen LogP contribution >= 0.6 is 0 Å². The summed E-state index contributed by atoms with van der Waals surface area (Å²) in [6.07, 6.45) is 3.33. The van der Waals surface area contributed by atoms with Gasteiger partial charge in [0, 0.05) is 32.9 Å². The molecule has 1 aromatic rings. The Hall–Kier alpha value is -1.18. The molecule has 0 radical (unpaired) electrons. The number of hydrogen-bond donors (Lipinski definition) is 2. The van der Waals surface area contributed by atoms with Crippen LogP contribution in [0.3, 0.4) is 0 Å². The second kappa shape index (κ2) is 6.83. The topological polar surface area (TPSA) is 88.3 Å². The molecule has 0 aliphatic rings. The number of nitrogens with two attached hydrogens (primary N) is 1. The van der Waals surface area contributed by atoms with Crippen LogP contribution in [0.1, 0.15) is 19.8 Å². The minimum absolute atomic E-state index is 0.0805. The highest BCUT2D eigenvalue weighted by Crippen LogP contribution is 2.13. The lowest BCUT2D eigenvalue weighted by Crippen LogP contribution is -2.29. The number of nitrogens with zero attached hydrogens (tertiary/aromatic N) is 2. The van der Waals surface area contributed by atoms with Crippen molar-refractivity contribution in [1.82, 2.24) is 9.29 Å². The molecule has 7 heteroatoms. The zero-order chi connectivity index (χ0) is 14.5. The number of sulfonamides is 1. The number of rotatable bonds is 7. The van der Waals surface area contributed by atoms with Gasteiger partial charge in [0.05, 0.1) is 0 Å². The van der Waals surface area contributed by atoms with Crippen molar-refractivity contribution in [3.8, 4) is 0 Å². The van der Waals surface area contributed by atoms with Gasteiger partial charge in [-0.05, 0) is 18.6 Å². The highest BCUT2D eigenvalue weighted by atomic mass is 32.2. The van der Waals surface area contributed by atoms with E-state index in [0.29, 0.717) is 12.4 Å². The SMILES string of the molecule is CCCC(N)CNc1ccc(S(=O)(=O)N(C)C)cn1. The molecule has 0 spiro atoms. The molecule has 0 aliphatic heterocycles. The predicted octanol–water partition coefficient (Wildman–Crippen LogP) is 0.871. The Morgan fingerprint density at radius 2 is 2.11 bits per heavy atom. The molecule has 108 valence electrons. The zero-order valence-electron chi connectivity index (χ0n) is 11.6. The van der Waals surface area contributed by atoms with Gasteiger partial charge in [0.25, 0.3) is 0 Å². The number of nitrogens with one attached hydrogen (secondary N) is 1. The summed E-state index contributed by atoms with van der Waals surface area (Å²) in [5.41, 5.74) is 5.88. The minimum Gasteiger partial charge on any atom is -0.369 e. The predicted molar refractivity (Wildman–Crippen MR) is 76.5 cm³/mol. The van der Waals surface area contributed by atoms with Crippen LogP contribution in [-0.4, -0.2) is 44.4 Å². The Balaban J connectivity index is 2.67. The average molecular weight is 286 g/mol. The summed E-state index contributed by atoms with van der Waals surface area (Å²) in [7, 11) is -0.433. The minimum atomic E-state index is -3.42. The summed E-state index contributed by atoms with van der Waals surface area (Å²) >= 11 is 0. The van der Waals surface area contributed by atoms with Crippen molar-refractivity contribution >= 4 is 15.8 Å². The van der Waals surface area contributed by atoms with E-state index < -0.39 is 10.0 Å². The summed E-state index contributed by atoms with van der Waals surface area (Å²) in [6.45, 7) is 2.71. The van der Waals surface area contributed by atoms with Gasteiger partial charge in [0.1, 0.15) is 10.7 Å². The number of anilines is 1. The van der Waals surface area contributed by atoms with E-state index in [-0.39, 0.29) is 10.9 Å². The lowest BCUT2D eigenvalue weighted by molar-refractivity contribution is 0.520. The van der Waals surface area contributed by atoms with Crippen LogP contribution in [0.2, 0.25) is 0 Å². The van der Waals surface area contributed by atoms with E-state index in [2.05, 4.69) is 17.2 Å². The van der Waals surface area contributed by atoms with Crippen LogP contribution in [0, 0.1) is 0 Å². The molecule has 1 atom stereocenters. The fourth-order valence-electron chi connectivity index (χ4n) is 1.56. The van der Waals surface area contributed by atoms with Gasteiger partial charge >= 0.3 is 0 Å². The molecule has 0 aromatic carbocycles. The van der Waals surface area contributed by atoms with Crippen LogP contribution in [-0.2, 0) is 10.0 Å². The average Bonchev–Trinajstić information content (AvgIpc) is 2.37. The Kier molecular flexibility index (Phi) is 5.71. The summed E-state index contributed by atoms with van der Waals surface area (Å²) in [6, 6.07) is 3.27. The van der Waals surface area contributed by atoms with Crippen LogP contribution < -0.4 is 11.1 Å². The normalized spacial score (nSPS) is 13.5. The number of hydrogen-bond acceptors (Lipinski definition) is 5. The first-order valence-electron chi connectivity index (χ1n) is 6.26. The summed E-state index contributed by atoms with van der Waals surface area (Å²) in [4.78, 5) is 4.27. The quantitative estimate of drug-likeness (QED) is 0.776. The van der Waals surface area contributed by atoms with Crippen molar-refractivity contribution in [3.05, 3.63) is 18.3 Å². The molecule has 0 saturated heterocycles. The smallest absolute Gasteiger partial charge is 0.244 e. The van der Waals surface area contributed by atoms with Gasteiger partial charge in [-0.3, -0.25) is 0 Å². The maximum absolute atomic E-state index is 11.8. The monoisotopic (exact) mass is 286 g/mol. The van der Waals surface area contributed by atoms with Gasteiger partial charge in [-0.25, -0.2) is 17.7 Å². The Morgan fingerprint density at radius 3 is 2.58 bits per heavy atom. The molecule has 0 bridgehead atoms. The second-order valence-electron chi connectivity index (χ2n) is 4.60. The van der Waals surface area contributed by atoms with Gasteiger partial charge in [0.15, 0.2) is 0 Å². The molecular weight excluding hydrogens is 264 g/mol. The highest BCUT2D eigenvalue weighted by Gasteiger charge is 2.17. The van der Waals surface area contributed by atoms with Crippen LogP contribution in [0.25, 0.3) is 0 Å². The molecule has 1 heterocycles. The third-order valence-electron chi connectivity index (χ3n) is 2.72. The van der Waals surface area contributed by atoms with E-state index in [1.807, 2.05) is 0 Å². The van der Waals surface area contributed by atoms with Crippen molar-refractivity contribution in [2.75, 3.05) is 26.0 Å². The summed E-state index contributed by atoms with van der Waals surface area (Å²) in [5, 5.41) is 3.09. The Bertz CT molecular complexity index is 485. The standard InChI is InChI=1S/C12H22N4O2S/c1-4-5-10(13)8-14-12-7-6-11(9-15-12)19(17,18)16(2)3/h6-7,9-10H,4-5,8,13H2,1-3H3,(H,14,15). The fraction of sp³-hybridized carbons (Fsp3) is 0.583. The van der Waals surface area contributed by atoms with Crippen molar-refractivity contribution in [3.63, 3.8) is 0 Å². The van der Waals surface area contributed by atoms with Gasteiger partial charge in [-0.15, -0.1) is 0 Å². The zero-order valence-corrected chi connectivity index (χ0v) is 12.4. The van der Waals surface area contributed by atoms with Crippen LogP contribution in [0.4, 0.5) is 5.82 Å². The number of aromatic nitrogens is 1. The van der Waals surface area contributed by atoms with Gasteiger partial charge in [-0.1, -0.05) is 13.3 Å². The van der Waals surface area contributed by atoms with E-state index in [4.69, 9.17) is 5.73 Å². The molecule has 0 saturated carbocycles. The molecule has 0 fully saturated rings. The third kappa shape index (κ3) is 4.45. The first kappa shape index (κ1) is 15.9. The molecule has 3 N–H and O–H groups in total. The molecular formula is C12H22N4O2S. The van der Waals surface area contributed by atoms with E-state index in [9.17, 15) is 8.42 Å². The van der Waals surface area contributed by atoms with E-state index in [1.54, 1.807) is 6.07 Å². The molecule has 6 nitrogen and oxygen atoms in total. The number of pyridine rings is 1. The Morgan fingerprint density at radius 1 is 1.42 bits per heavy atom. The molecule has 1 rings (SSSR count). The summed E-state index contributed by atoms with van der Waals surface area (Å²) in [5.74, 6) is 0.629. The van der Waals surface area contributed by atoms with Gasteiger partial charge in [0.2, 0.25) is 10.0 Å². The van der Waals surface area contributed by atoms with Crippen LogP contribution in [0.5, 0.6) is 0 Å². The largest absolute Gasteiger partial charge is 0.369 e. The highest BCUT2D eigenvalue weighted by molar-refractivity contribution is 7.89. The van der Waals surface area contributed by atoms with Gasteiger partial charge < -0.3 is 11.1 Å². The van der Waals surface area contributed by atoms with Crippen LogP contribution in [0.15, 0.2) is 23.2 Å². The first-order valence-corrected chi connectivity index (χ1v) is 7.70. The van der Waals surface area contributed by atoms with Crippen molar-refractivity contribution in [1.29, 1.82) is 0 Å². The summed E-state index contributed by atoms with van der Waals surface area (Å²) < 4.78 is 24.8. The lowest BCUT2D eigenvalue weighted by atomic mass is 10.2. The second-order valence-corrected chi connectivity index (χ2v) is 6.75. The van der Waals surface area contributed by atoms with Crippen molar-refractivity contribution in [2.24, 2.45) is 5.73 Å². The maximum Gasteiger partial charge on any atom is 0.244 e. The molecule has 19 heavy (non-hydrogen) atoms. The van der Waals surface area contributed by atoms with E-state index in [1.165, 1.54) is 26.4 Å². The van der Waals surface area contributed by atoms with E-state index in [0.717, 1.165) is 17.1 Å². The molecule has 1 unspecified atom stereocenters. The molecule has 1 aromatic heterocycles. The van der Waals surface area contributed by atoms with Crippen molar-refractivity contribution < 1.29 is 8.42 Å².